The molecule has 8 aromatic rings. The number of rotatable bonds is 24. The Hall–Kier alpha value is -13.9. The second-order valence-electron chi connectivity index (χ2n) is 24.0. The highest BCUT2D eigenvalue weighted by atomic mass is 16.6. The van der Waals surface area contributed by atoms with E-state index in [-0.39, 0.29) is 55.6 Å². The van der Waals surface area contributed by atoms with Crippen LogP contribution in [0, 0.1) is 0 Å². The number of carboxylic acids is 4. The van der Waals surface area contributed by atoms with E-state index in [1.54, 1.807) is 0 Å². The number of carboxylic acid groups (broad SMARTS) is 4. The van der Waals surface area contributed by atoms with Gasteiger partial charge in [-0.25, -0.2) is 24.0 Å². The van der Waals surface area contributed by atoms with Crippen molar-refractivity contribution in [3.05, 3.63) is 195 Å². The molecule has 0 amide bonds. The smallest absolute Gasteiger partial charge is 0.345 e. The molecule has 32 nitrogen and oxygen atoms in total. The molecule has 3 aliphatic rings. The topological polar surface area (TPSA) is 545 Å². The molecule has 104 heavy (non-hydrogen) atoms. The zero-order valence-corrected chi connectivity index (χ0v) is 53.1. The van der Waals surface area contributed by atoms with E-state index in [9.17, 15) is 116 Å². The maximum atomic E-state index is 15.3. The van der Waals surface area contributed by atoms with Crippen molar-refractivity contribution >= 4 is 53.8 Å². The third-order valence-corrected chi connectivity index (χ3v) is 17.3. The molecular weight excluding hydrogens is 1380 g/mol. The fraction of sp³-hybridized carbons (Fsp3) is 0.194. The van der Waals surface area contributed by atoms with Crippen LogP contribution in [0.4, 0.5) is 0 Å². The molecule has 0 radical (unpaired) electrons. The number of phenolic OH excluding ortho intramolecular Hbond substituents is 13. The Morgan fingerprint density at radius 1 is 0.327 bits per heavy atom. The van der Waals surface area contributed by atoms with E-state index in [2.05, 4.69) is 0 Å². The number of benzene rings is 8. The number of hydrogen-bond donors (Lipinski definition) is 17. The van der Waals surface area contributed by atoms with Gasteiger partial charge in [-0.05, 0) is 129 Å². The molecule has 3 heterocycles. The summed E-state index contributed by atoms with van der Waals surface area (Å²) in [4.78, 5) is 111. The lowest BCUT2D eigenvalue weighted by Gasteiger charge is -2.24. The fourth-order valence-electron chi connectivity index (χ4n) is 12.4. The van der Waals surface area contributed by atoms with Crippen LogP contribution >= 0.6 is 0 Å². The first-order valence-electron chi connectivity index (χ1n) is 30.9. The van der Waals surface area contributed by atoms with E-state index in [4.69, 9.17) is 33.2 Å². The van der Waals surface area contributed by atoms with Crippen LogP contribution in [0.2, 0.25) is 0 Å². The van der Waals surface area contributed by atoms with Gasteiger partial charge in [-0.2, -0.15) is 0 Å². The number of carbonyl (C=O) groups is 8. The molecule has 0 aromatic heterocycles. The molecule has 0 aliphatic carbocycles. The average molecular weight is 1440 g/mol. The van der Waals surface area contributed by atoms with Gasteiger partial charge >= 0.3 is 47.8 Å². The van der Waals surface area contributed by atoms with E-state index in [1.165, 1.54) is 18.2 Å². The summed E-state index contributed by atoms with van der Waals surface area (Å²) in [5.74, 6) is -29.3. The minimum atomic E-state index is -2.40. The first-order valence-corrected chi connectivity index (χ1v) is 30.9. The predicted molar refractivity (Wildman–Crippen MR) is 345 cm³/mol. The van der Waals surface area contributed by atoms with Crippen LogP contribution in [-0.4, -0.2) is 159 Å². The van der Waals surface area contributed by atoms with Crippen LogP contribution in [0.5, 0.6) is 92.0 Å². The van der Waals surface area contributed by atoms with Crippen molar-refractivity contribution < 1.29 is 158 Å². The molecule has 0 spiro atoms. The average Bonchev–Trinajstić information content (AvgIpc) is 1.61. The zero-order chi connectivity index (χ0) is 75.0. The van der Waals surface area contributed by atoms with Crippen molar-refractivity contribution in [2.75, 3.05) is 0 Å². The van der Waals surface area contributed by atoms with Crippen molar-refractivity contribution in [1.29, 1.82) is 0 Å². The van der Waals surface area contributed by atoms with E-state index < -0.39 is 231 Å². The second-order valence-corrected chi connectivity index (χ2v) is 24.0. The van der Waals surface area contributed by atoms with Crippen LogP contribution in [-0.2, 0) is 83.0 Å². The monoisotopic (exact) mass is 1430 g/mol. The van der Waals surface area contributed by atoms with Gasteiger partial charge in [0.05, 0.1) is 0 Å². The van der Waals surface area contributed by atoms with Crippen molar-refractivity contribution in [3.63, 3.8) is 0 Å². The highest BCUT2D eigenvalue weighted by Crippen LogP contribution is 2.57. The molecular formula is C72H58O32. The summed E-state index contributed by atoms with van der Waals surface area (Å²) in [7, 11) is 0. The summed E-state index contributed by atoms with van der Waals surface area (Å²) in [6.45, 7) is 0. The Morgan fingerprint density at radius 3 is 0.933 bits per heavy atom. The SMILES string of the molecule is O=C(C=Cc1ccc(O)c(O)c1)OC(Cc1ccc(O)c2c1C(C(=O)OC(Cc1ccc(O)c3c1C(C(=O)OC(Cc1ccc(O)c4c1C(C(=O)OC(Cc1ccc(O)c(O)c1)C(=O)O)C(c1ccc(O)c(O)c1)O4)C(=O)O)C(c1ccc(O)c(O)c1)O3)C(=O)O)C(c1ccc(O)c(O)c1)O2)C(=O)O. The molecule has 0 saturated carbocycles. The third kappa shape index (κ3) is 14.4. The molecule has 0 fully saturated rings. The van der Waals surface area contributed by atoms with E-state index in [1.807, 2.05) is 0 Å². The number of ether oxygens (including phenoxy) is 7. The molecule has 17 N–H and O–H groups in total. The van der Waals surface area contributed by atoms with Crippen LogP contribution < -0.4 is 14.2 Å². The van der Waals surface area contributed by atoms with Gasteiger partial charge in [-0.1, -0.05) is 48.5 Å². The van der Waals surface area contributed by atoms with Gasteiger partial charge in [0.1, 0.15) is 36.1 Å². The van der Waals surface area contributed by atoms with E-state index in [0.29, 0.717) is 0 Å². The second kappa shape index (κ2) is 28.7. The van der Waals surface area contributed by atoms with E-state index in [0.717, 1.165) is 121 Å². The van der Waals surface area contributed by atoms with Crippen molar-refractivity contribution in [2.24, 2.45) is 0 Å². The molecule has 0 bridgehead atoms. The lowest BCUT2D eigenvalue weighted by molar-refractivity contribution is -0.166. The maximum absolute atomic E-state index is 15.3. The van der Waals surface area contributed by atoms with Gasteiger partial charge in [0.25, 0.3) is 0 Å². The van der Waals surface area contributed by atoms with Gasteiger partial charge in [0, 0.05) is 48.4 Å². The summed E-state index contributed by atoms with van der Waals surface area (Å²) in [6, 6.07) is 22.2. The summed E-state index contributed by atoms with van der Waals surface area (Å²) in [6.07, 6.45) is -15.7. The van der Waals surface area contributed by atoms with Crippen LogP contribution in [0.1, 0.15) is 97.3 Å². The number of aromatic hydroxyl groups is 13. The van der Waals surface area contributed by atoms with Gasteiger partial charge < -0.3 is 120 Å². The van der Waals surface area contributed by atoms with Crippen LogP contribution in [0.3, 0.4) is 0 Å². The number of aliphatic carboxylic acids is 4. The van der Waals surface area contributed by atoms with E-state index >= 15 is 9.59 Å². The Morgan fingerprint density at radius 2 is 0.615 bits per heavy atom. The molecule has 10 atom stereocenters. The molecule has 538 valence electrons. The quantitative estimate of drug-likeness (QED) is 0.0133. The molecule has 3 aliphatic heterocycles. The van der Waals surface area contributed by atoms with Crippen molar-refractivity contribution in [3.8, 4) is 92.0 Å². The van der Waals surface area contributed by atoms with Crippen molar-refractivity contribution in [1.82, 2.24) is 0 Å². The molecule has 0 saturated heterocycles. The highest BCUT2D eigenvalue weighted by molar-refractivity contribution is 5.91. The minimum Gasteiger partial charge on any atom is -0.504 e. The normalized spacial score (nSPS) is 18.0. The summed E-state index contributed by atoms with van der Waals surface area (Å²) in [5, 5.41) is 179. The molecule has 10 unspecified atom stereocenters. The van der Waals surface area contributed by atoms with Crippen molar-refractivity contribution in [2.45, 2.75) is 86.2 Å². The Kier molecular flexibility index (Phi) is 19.7. The van der Waals surface area contributed by atoms with Crippen LogP contribution in [0.15, 0.2) is 133 Å². The number of phenols is 13. The van der Waals surface area contributed by atoms with Gasteiger partial charge in [-0.3, -0.25) is 14.4 Å². The van der Waals surface area contributed by atoms with Gasteiger partial charge in [0.15, 0.2) is 92.0 Å². The van der Waals surface area contributed by atoms with Gasteiger partial charge in [-0.15, -0.1) is 0 Å². The summed E-state index contributed by atoms with van der Waals surface area (Å²) < 4.78 is 40.9. The Balaban J connectivity index is 0.932. The summed E-state index contributed by atoms with van der Waals surface area (Å²) in [5.41, 5.74) is -2.19. The highest BCUT2D eigenvalue weighted by Gasteiger charge is 2.51. The first kappa shape index (κ1) is 71.3. The minimum absolute atomic E-state index is 0.0438. The lowest BCUT2D eigenvalue weighted by Crippen LogP contribution is -2.35. The number of esters is 4. The fourth-order valence-corrected chi connectivity index (χ4v) is 12.4. The number of carbonyl (C=O) groups excluding carboxylic acids is 4. The third-order valence-electron chi connectivity index (χ3n) is 17.3. The first-order chi connectivity index (χ1) is 49.3. The van der Waals surface area contributed by atoms with Crippen LogP contribution in [0.25, 0.3) is 6.08 Å². The Labute approximate surface area is 582 Å². The molecule has 8 aromatic carbocycles. The summed E-state index contributed by atoms with van der Waals surface area (Å²) >= 11 is 0. The molecule has 11 rings (SSSR count). The van der Waals surface area contributed by atoms with Gasteiger partial charge in [0.2, 0.25) is 24.4 Å². The number of hydrogen-bond acceptors (Lipinski definition) is 28. The zero-order valence-electron chi connectivity index (χ0n) is 53.1. The standard InChI is InChI=1S/C72H58O32/c73-36-10-1-28(19-44(36)81)3-18-53(86)98-50(67(89)90)25-30-4-15-41(78)63-54(30)58(61(103-63)34-8-13-39(76)47(84)23-34)71(96)100-52(69(93)94)27-32-6-17-43(80)65-56(32)59(62(104-65)35-9-14-40(77)48(85)24-35)72(97)101-51(68(91)92)26-31-5-16-42(79)64-55(31)57(60(102-64)33-7-12-38(75)46(83)22-33)70(95)99-49(66(87)88)21-29-2-11-37(74)45(82)20-29/h1-20,22-24,49-52,57-62,73-85H,21,25-27H2,(H,87,88)(H,89,90)(H,91,92)(H,93,94). The number of fused-ring (bicyclic) bond motifs is 3. The predicted octanol–water partition coefficient (Wildman–Crippen LogP) is 6.48. The maximum Gasteiger partial charge on any atom is 0.345 e. The Bertz CT molecular complexity index is 4860. The molecule has 32 heteroatoms. The largest absolute Gasteiger partial charge is 0.504 e. The lowest BCUT2D eigenvalue weighted by atomic mass is 9.85.